The van der Waals surface area contributed by atoms with Gasteiger partial charge in [0, 0.05) is 18.8 Å². The Bertz CT molecular complexity index is 596. The van der Waals surface area contributed by atoms with E-state index in [1.54, 1.807) is 6.92 Å². The standard InChI is InChI=1S/C12H21N5O2S/c1-4-16(5-2)12-10(9-13)11(14)17(15-12)7-8-20(18,19)6-3/h4-8,14H2,1-3H3. The molecule has 1 heterocycles. The topological polar surface area (TPSA) is 105 Å². The summed E-state index contributed by atoms with van der Waals surface area (Å²) in [5.41, 5.74) is 6.20. The lowest BCUT2D eigenvalue weighted by atomic mass is 10.3. The van der Waals surface area contributed by atoms with Crippen LogP contribution in [0.1, 0.15) is 26.3 Å². The van der Waals surface area contributed by atoms with Crippen LogP contribution in [0.2, 0.25) is 0 Å². The summed E-state index contributed by atoms with van der Waals surface area (Å²) < 4.78 is 24.5. The van der Waals surface area contributed by atoms with E-state index in [1.165, 1.54) is 4.68 Å². The zero-order valence-corrected chi connectivity index (χ0v) is 12.9. The van der Waals surface area contributed by atoms with Crippen molar-refractivity contribution in [3.8, 4) is 6.07 Å². The van der Waals surface area contributed by atoms with Crippen LogP contribution in [0.3, 0.4) is 0 Å². The minimum atomic E-state index is -3.09. The van der Waals surface area contributed by atoms with Gasteiger partial charge < -0.3 is 10.6 Å². The first-order valence-electron chi connectivity index (χ1n) is 6.61. The molecule has 112 valence electrons. The van der Waals surface area contributed by atoms with Crippen molar-refractivity contribution >= 4 is 21.5 Å². The van der Waals surface area contributed by atoms with E-state index in [1.807, 2.05) is 24.8 Å². The quantitative estimate of drug-likeness (QED) is 0.791. The molecule has 20 heavy (non-hydrogen) atoms. The van der Waals surface area contributed by atoms with Crippen molar-refractivity contribution in [2.24, 2.45) is 0 Å². The molecular formula is C12H21N5O2S. The summed E-state index contributed by atoms with van der Waals surface area (Å²) in [5.74, 6) is 0.796. The summed E-state index contributed by atoms with van der Waals surface area (Å²) in [6, 6.07) is 2.05. The van der Waals surface area contributed by atoms with Crippen LogP contribution < -0.4 is 10.6 Å². The predicted octanol–water partition coefficient (Wildman–Crippen LogP) is 0.618. The molecule has 1 aromatic heterocycles. The molecule has 0 bridgehead atoms. The Morgan fingerprint density at radius 3 is 2.40 bits per heavy atom. The molecule has 2 N–H and O–H groups in total. The Balaban J connectivity index is 3.09. The smallest absolute Gasteiger partial charge is 0.170 e. The maximum absolute atomic E-state index is 11.5. The van der Waals surface area contributed by atoms with Crippen LogP contribution in [0.15, 0.2) is 0 Å². The third kappa shape index (κ3) is 3.42. The first-order valence-corrected chi connectivity index (χ1v) is 8.44. The lowest BCUT2D eigenvalue weighted by Crippen LogP contribution is -2.23. The van der Waals surface area contributed by atoms with Gasteiger partial charge in [0.15, 0.2) is 15.7 Å². The van der Waals surface area contributed by atoms with Crippen molar-refractivity contribution in [2.45, 2.75) is 27.3 Å². The third-order valence-corrected chi connectivity index (χ3v) is 4.89. The highest BCUT2D eigenvalue weighted by atomic mass is 32.2. The molecule has 0 aromatic carbocycles. The number of nitrogens with two attached hydrogens (primary N) is 1. The van der Waals surface area contributed by atoms with Crippen LogP contribution in [0.5, 0.6) is 0 Å². The predicted molar refractivity (Wildman–Crippen MR) is 79.2 cm³/mol. The summed E-state index contributed by atoms with van der Waals surface area (Å²) >= 11 is 0. The SMILES string of the molecule is CCN(CC)c1nn(CCS(=O)(=O)CC)c(N)c1C#N. The molecule has 0 aliphatic carbocycles. The van der Waals surface area contributed by atoms with Gasteiger partial charge in [-0.25, -0.2) is 13.1 Å². The molecule has 7 nitrogen and oxygen atoms in total. The minimum Gasteiger partial charge on any atom is -0.383 e. The van der Waals surface area contributed by atoms with Crippen molar-refractivity contribution < 1.29 is 8.42 Å². The van der Waals surface area contributed by atoms with Gasteiger partial charge in [-0.3, -0.25) is 0 Å². The van der Waals surface area contributed by atoms with E-state index in [-0.39, 0.29) is 23.9 Å². The van der Waals surface area contributed by atoms with E-state index in [4.69, 9.17) is 5.73 Å². The van der Waals surface area contributed by atoms with Gasteiger partial charge >= 0.3 is 0 Å². The highest BCUT2D eigenvalue weighted by molar-refractivity contribution is 7.91. The van der Waals surface area contributed by atoms with E-state index < -0.39 is 9.84 Å². The second-order valence-electron chi connectivity index (χ2n) is 4.33. The van der Waals surface area contributed by atoms with Gasteiger partial charge in [-0.05, 0) is 13.8 Å². The fourth-order valence-electron chi connectivity index (χ4n) is 1.85. The van der Waals surface area contributed by atoms with Gasteiger partial charge in [0.05, 0.1) is 12.3 Å². The fourth-order valence-corrected chi connectivity index (χ4v) is 2.59. The van der Waals surface area contributed by atoms with Crippen LogP contribution in [-0.2, 0) is 16.4 Å². The van der Waals surface area contributed by atoms with E-state index in [9.17, 15) is 13.7 Å². The van der Waals surface area contributed by atoms with Crippen molar-refractivity contribution in [1.82, 2.24) is 9.78 Å². The molecule has 0 saturated heterocycles. The molecule has 0 aliphatic heterocycles. The fraction of sp³-hybridized carbons (Fsp3) is 0.667. The molecule has 0 amide bonds. The number of hydrogen-bond acceptors (Lipinski definition) is 6. The highest BCUT2D eigenvalue weighted by Gasteiger charge is 2.20. The largest absolute Gasteiger partial charge is 0.383 e. The summed E-state index contributed by atoms with van der Waals surface area (Å²) in [4.78, 5) is 1.92. The summed E-state index contributed by atoms with van der Waals surface area (Å²) in [7, 11) is -3.09. The molecule has 0 aliphatic rings. The Labute approximate surface area is 119 Å². The molecule has 0 unspecified atom stereocenters. The van der Waals surface area contributed by atoms with Crippen molar-refractivity contribution in [3.63, 3.8) is 0 Å². The minimum absolute atomic E-state index is 0.0298. The number of nitrogen functional groups attached to an aromatic ring is 1. The molecule has 1 aromatic rings. The monoisotopic (exact) mass is 299 g/mol. The Morgan fingerprint density at radius 2 is 1.95 bits per heavy atom. The number of nitrogens with zero attached hydrogens (tertiary/aromatic N) is 4. The molecule has 0 saturated carbocycles. The van der Waals surface area contributed by atoms with E-state index in [0.717, 1.165) is 0 Å². The number of sulfone groups is 1. The van der Waals surface area contributed by atoms with Crippen molar-refractivity contribution in [3.05, 3.63) is 5.56 Å². The van der Waals surface area contributed by atoms with Crippen LogP contribution in [0.4, 0.5) is 11.6 Å². The zero-order valence-electron chi connectivity index (χ0n) is 12.1. The van der Waals surface area contributed by atoms with E-state index in [0.29, 0.717) is 24.5 Å². The number of rotatable bonds is 7. The summed E-state index contributed by atoms with van der Waals surface area (Å²) in [6.07, 6.45) is 0. The summed E-state index contributed by atoms with van der Waals surface area (Å²) in [5, 5.41) is 13.5. The highest BCUT2D eigenvalue weighted by Crippen LogP contribution is 2.24. The van der Waals surface area contributed by atoms with Crippen LogP contribution >= 0.6 is 0 Å². The average molecular weight is 299 g/mol. The van der Waals surface area contributed by atoms with Crippen LogP contribution in [-0.4, -0.2) is 42.8 Å². The number of aromatic nitrogens is 2. The second kappa shape index (κ2) is 6.61. The first-order chi connectivity index (χ1) is 9.40. The lowest BCUT2D eigenvalue weighted by Gasteiger charge is -2.17. The van der Waals surface area contributed by atoms with E-state index in [2.05, 4.69) is 5.10 Å². The van der Waals surface area contributed by atoms with Crippen molar-refractivity contribution in [1.29, 1.82) is 5.26 Å². The lowest BCUT2D eigenvalue weighted by molar-refractivity contribution is 0.583. The zero-order chi connectivity index (χ0) is 15.3. The molecule has 8 heteroatoms. The van der Waals surface area contributed by atoms with Crippen LogP contribution in [0.25, 0.3) is 0 Å². The maximum atomic E-state index is 11.5. The van der Waals surface area contributed by atoms with Gasteiger partial charge in [0.25, 0.3) is 0 Å². The van der Waals surface area contributed by atoms with Crippen molar-refractivity contribution in [2.75, 3.05) is 35.2 Å². The number of nitriles is 1. The van der Waals surface area contributed by atoms with Crippen LogP contribution in [0, 0.1) is 11.3 Å². The molecular weight excluding hydrogens is 278 g/mol. The van der Waals surface area contributed by atoms with Gasteiger partial charge in [0.1, 0.15) is 17.5 Å². The number of hydrogen-bond donors (Lipinski definition) is 1. The molecule has 0 atom stereocenters. The Hall–Kier alpha value is -1.75. The number of anilines is 2. The normalized spacial score (nSPS) is 11.3. The first kappa shape index (κ1) is 16.3. The Kier molecular flexibility index (Phi) is 5.39. The molecule has 0 radical (unpaired) electrons. The maximum Gasteiger partial charge on any atom is 0.170 e. The summed E-state index contributed by atoms with van der Waals surface area (Å²) in [6.45, 7) is 7.09. The average Bonchev–Trinajstić information content (AvgIpc) is 2.74. The van der Waals surface area contributed by atoms with Gasteiger partial charge in [0.2, 0.25) is 0 Å². The van der Waals surface area contributed by atoms with Gasteiger partial charge in [-0.2, -0.15) is 10.4 Å². The van der Waals surface area contributed by atoms with Gasteiger partial charge in [-0.1, -0.05) is 6.92 Å². The molecule has 1 rings (SSSR count). The molecule has 0 spiro atoms. The Morgan fingerprint density at radius 1 is 1.35 bits per heavy atom. The molecule has 0 fully saturated rings. The van der Waals surface area contributed by atoms with E-state index >= 15 is 0 Å². The second-order valence-corrected chi connectivity index (χ2v) is 6.80. The number of aryl methyl sites for hydroxylation is 1. The third-order valence-electron chi connectivity index (χ3n) is 3.20. The van der Waals surface area contributed by atoms with Gasteiger partial charge in [-0.15, -0.1) is 0 Å².